The average molecular weight is 653 g/mol. The monoisotopic (exact) mass is 653 g/mol. The van der Waals surface area contributed by atoms with E-state index in [2.05, 4.69) is 0 Å². The topological polar surface area (TPSA) is 82.1 Å². The molecule has 0 amide bonds. The van der Waals surface area contributed by atoms with Gasteiger partial charge in [-0.1, -0.05) is 67.8 Å². The fourth-order valence-corrected chi connectivity index (χ4v) is 1.98. The van der Waals surface area contributed by atoms with Gasteiger partial charge in [0.05, 0.1) is 13.3 Å². The molecule has 0 aliphatic carbocycles. The number of carbonyl (C=O) groups excluding carboxylic acids is 3. The molecule has 0 bridgehead atoms. The number of carbonyl (C=O) groups is 3. The predicted molar refractivity (Wildman–Crippen MR) is 106 cm³/mol. The van der Waals surface area contributed by atoms with E-state index in [4.69, 9.17) is 14.2 Å². The summed E-state index contributed by atoms with van der Waals surface area (Å²) >= 11 is 5.80. The largest absolute Gasteiger partial charge is 0.464 e. The third-order valence-electron chi connectivity index (χ3n) is 2.34. The first kappa shape index (κ1) is 22.6. The molecule has 0 aromatic carbocycles. The smallest absolute Gasteiger partial charge is 0.315 e. The van der Waals surface area contributed by atoms with Crippen LogP contribution in [0.1, 0.15) is 0 Å². The fraction of sp³-hybridized carbons (Fsp3) is 0.750. The van der Waals surface area contributed by atoms with Crippen molar-refractivity contribution in [1.29, 1.82) is 0 Å². The van der Waals surface area contributed by atoms with Crippen LogP contribution in [0.25, 0.3) is 0 Å². The molecule has 0 unspecified atom stereocenters. The Kier molecular flexibility index (Phi) is 15.5. The van der Waals surface area contributed by atoms with Crippen LogP contribution in [0.5, 0.6) is 0 Å². The van der Waals surface area contributed by atoms with Crippen LogP contribution in [0.2, 0.25) is 0 Å². The zero-order chi connectivity index (χ0) is 16.8. The maximum atomic E-state index is 11.1. The maximum absolute atomic E-state index is 11.1. The highest BCUT2D eigenvalue weighted by atomic mass is 127. The van der Waals surface area contributed by atoms with E-state index in [-0.39, 0.29) is 37.7 Å². The second-order valence-electron chi connectivity index (χ2n) is 3.90. The Labute approximate surface area is 170 Å². The van der Waals surface area contributed by atoms with Crippen LogP contribution in [-0.4, -0.2) is 75.5 Å². The van der Waals surface area contributed by atoms with Gasteiger partial charge in [0.2, 0.25) is 0 Å². The molecular formula is C12H18I3NO6. The highest BCUT2D eigenvalue weighted by Crippen LogP contribution is 1.95. The minimum Gasteiger partial charge on any atom is -0.464 e. The number of rotatable bonds is 12. The second-order valence-corrected chi connectivity index (χ2v) is 6.19. The highest BCUT2D eigenvalue weighted by molar-refractivity contribution is 14.1. The van der Waals surface area contributed by atoms with Crippen molar-refractivity contribution in [3.63, 3.8) is 0 Å². The summed E-state index contributed by atoms with van der Waals surface area (Å²) in [7, 11) is 0. The first-order valence-electron chi connectivity index (χ1n) is 6.40. The van der Waals surface area contributed by atoms with Crippen molar-refractivity contribution in [2.45, 2.75) is 0 Å². The molecule has 0 radical (unpaired) electrons. The molecule has 128 valence electrons. The number of ether oxygens (including phenoxy) is 3. The van der Waals surface area contributed by atoms with Gasteiger partial charge in [0, 0.05) is 19.6 Å². The van der Waals surface area contributed by atoms with E-state index in [9.17, 15) is 14.4 Å². The number of hydrogen-bond acceptors (Lipinski definition) is 7. The molecular weight excluding hydrogens is 635 g/mol. The first-order valence-corrected chi connectivity index (χ1v) is 11.0. The molecule has 22 heavy (non-hydrogen) atoms. The van der Waals surface area contributed by atoms with Crippen molar-refractivity contribution in [3.05, 3.63) is 0 Å². The molecule has 0 heterocycles. The Morgan fingerprint density at radius 2 is 0.909 bits per heavy atom. The number of hydrogen-bond donors (Lipinski definition) is 0. The maximum Gasteiger partial charge on any atom is 0.315 e. The summed E-state index contributed by atoms with van der Waals surface area (Å²) < 4.78 is 16.0. The van der Waals surface area contributed by atoms with Gasteiger partial charge in [0.1, 0.15) is 19.8 Å². The third kappa shape index (κ3) is 13.0. The lowest BCUT2D eigenvalue weighted by Crippen LogP contribution is -2.35. The summed E-state index contributed by atoms with van der Waals surface area (Å²) in [6.07, 6.45) is 0. The van der Waals surface area contributed by atoms with E-state index >= 15 is 0 Å². The molecule has 0 aromatic heterocycles. The van der Waals surface area contributed by atoms with Gasteiger partial charge in [0.25, 0.3) is 0 Å². The molecule has 0 fully saturated rings. The highest BCUT2D eigenvalue weighted by Gasteiger charge is 2.09. The van der Waals surface area contributed by atoms with Gasteiger partial charge in [-0.3, -0.25) is 19.3 Å². The van der Waals surface area contributed by atoms with Crippen molar-refractivity contribution in [2.24, 2.45) is 0 Å². The van der Waals surface area contributed by atoms with E-state index in [0.29, 0.717) is 32.9 Å². The zero-order valence-corrected chi connectivity index (χ0v) is 18.4. The minimum atomic E-state index is -0.270. The van der Waals surface area contributed by atoms with Crippen LogP contribution in [0.4, 0.5) is 0 Å². The number of esters is 3. The Hall–Kier alpha value is 0.560. The van der Waals surface area contributed by atoms with Gasteiger partial charge in [-0.15, -0.1) is 0 Å². The van der Waals surface area contributed by atoms with Crippen LogP contribution in [-0.2, 0) is 28.6 Å². The summed E-state index contributed by atoms with van der Waals surface area (Å²) in [5.41, 5.74) is 0. The Balaban J connectivity index is 4.09. The quantitative estimate of drug-likeness (QED) is 0.136. The fourth-order valence-electron chi connectivity index (χ4n) is 1.32. The summed E-state index contributed by atoms with van der Waals surface area (Å²) in [4.78, 5) is 35.2. The Morgan fingerprint density at radius 1 is 0.636 bits per heavy atom. The number of alkyl halides is 3. The van der Waals surface area contributed by atoms with E-state index in [0.717, 1.165) is 0 Å². The molecule has 0 rings (SSSR count). The Bertz CT molecular complexity index is 303. The standard InChI is InChI=1S/C12H18I3NO6/c13-7-10(17)20-4-1-16(2-5-21-11(18)8-14)3-6-22-12(19)9-15/h1-9H2. The normalized spacial score (nSPS) is 10.4. The van der Waals surface area contributed by atoms with Crippen molar-refractivity contribution in [2.75, 3.05) is 52.7 Å². The minimum absolute atomic E-state index is 0.252. The van der Waals surface area contributed by atoms with E-state index < -0.39 is 0 Å². The number of halogens is 3. The molecule has 0 saturated heterocycles. The molecule has 0 aromatic rings. The van der Waals surface area contributed by atoms with Gasteiger partial charge >= 0.3 is 17.9 Å². The van der Waals surface area contributed by atoms with E-state index in [1.54, 1.807) is 0 Å². The van der Waals surface area contributed by atoms with Crippen molar-refractivity contribution < 1.29 is 28.6 Å². The Morgan fingerprint density at radius 3 is 1.14 bits per heavy atom. The lowest BCUT2D eigenvalue weighted by atomic mass is 10.4. The molecule has 0 spiro atoms. The van der Waals surface area contributed by atoms with Gasteiger partial charge < -0.3 is 14.2 Å². The molecule has 0 atom stereocenters. The second kappa shape index (κ2) is 15.1. The predicted octanol–water partition coefficient (Wildman–Crippen LogP) is 1.22. The van der Waals surface area contributed by atoms with Crippen molar-refractivity contribution >= 4 is 85.7 Å². The van der Waals surface area contributed by atoms with Crippen LogP contribution in [0, 0.1) is 0 Å². The van der Waals surface area contributed by atoms with Gasteiger partial charge in [-0.25, -0.2) is 0 Å². The molecule has 0 aliphatic heterocycles. The van der Waals surface area contributed by atoms with Crippen LogP contribution >= 0.6 is 67.8 Å². The van der Waals surface area contributed by atoms with Crippen LogP contribution < -0.4 is 0 Å². The lowest BCUT2D eigenvalue weighted by Gasteiger charge is -2.21. The summed E-state index contributed by atoms with van der Waals surface area (Å²) in [5.74, 6) is -0.810. The summed E-state index contributed by atoms with van der Waals surface area (Å²) in [6, 6.07) is 0. The third-order valence-corrected chi connectivity index (χ3v) is 4.21. The zero-order valence-electron chi connectivity index (χ0n) is 11.9. The molecule has 10 heteroatoms. The molecule has 0 N–H and O–H groups in total. The van der Waals surface area contributed by atoms with Gasteiger partial charge in [-0.05, 0) is 0 Å². The average Bonchev–Trinajstić information content (AvgIpc) is 2.53. The SMILES string of the molecule is O=C(CI)OCCN(CCOC(=O)CI)CCOC(=O)CI. The molecule has 0 aliphatic rings. The van der Waals surface area contributed by atoms with Gasteiger partial charge in [-0.2, -0.15) is 0 Å². The van der Waals surface area contributed by atoms with Crippen LogP contribution in [0.3, 0.4) is 0 Å². The van der Waals surface area contributed by atoms with Crippen molar-refractivity contribution in [3.8, 4) is 0 Å². The van der Waals surface area contributed by atoms with Crippen molar-refractivity contribution in [1.82, 2.24) is 4.90 Å². The lowest BCUT2D eigenvalue weighted by molar-refractivity contribution is -0.141. The summed E-state index contributed by atoms with van der Waals surface area (Å²) in [6.45, 7) is 2.23. The first-order chi connectivity index (χ1) is 10.5. The molecule has 0 saturated carbocycles. The summed E-state index contributed by atoms with van der Waals surface area (Å²) in [5, 5.41) is 0. The number of nitrogens with zero attached hydrogens (tertiary/aromatic N) is 1. The van der Waals surface area contributed by atoms with E-state index in [1.165, 1.54) is 0 Å². The van der Waals surface area contributed by atoms with E-state index in [1.807, 2.05) is 72.7 Å². The van der Waals surface area contributed by atoms with Crippen LogP contribution in [0.15, 0.2) is 0 Å². The van der Waals surface area contributed by atoms with Gasteiger partial charge in [0.15, 0.2) is 0 Å². The molecule has 7 nitrogen and oxygen atoms in total.